The number of piperidine rings is 1. The standard InChI is InChI=1S/C21H23N3O4/c1-12-22-16-7-3-13(4-8-17(25)14-5-6-14)11-15(16)19(27)24(12)21(2)10-9-18(26)23-20(21)28/h3,7,11,14H,4-6,8-10H2,1-2H3,(H,23,26,28)/t21-/m1/s1. The third kappa shape index (κ3) is 3.15. The van der Waals surface area contributed by atoms with Crippen molar-refractivity contribution in [3.05, 3.63) is 39.9 Å². The highest BCUT2D eigenvalue weighted by molar-refractivity contribution is 6.01. The van der Waals surface area contributed by atoms with Gasteiger partial charge in [0.05, 0.1) is 10.9 Å². The molecule has 2 fully saturated rings. The van der Waals surface area contributed by atoms with E-state index in [-0.39, 0.29) is 36.0 Å². The maximum absolute atomic E-state index is 13.3. The number of carbonyl (C=O) groups excluding carboxylic acids is 3. The zero-order chi connectivity index (χ0) is 20.1. The molecule has 7 heteroatoms. The van der Waals surface area contributed by atoms with Crippen molar-refractivity contribution >= 4 is 28.5 Å². The van der Waals surface area contributed by atoms with Gasteiger partial charge in [-0.15, -0.1) is 0 Å². The molecule has 2 aliphatic rings. The molecular weight excluding hydrogens is 358 g/mol. The minimum atomic E-state index is -1.16. The average molecular weight is 381 g/mol. The summed E-state index contributed by atoms with van der Waals surface area (Å²) in [6.07, 6.45) is 3.48. The van der Waals surface area contributed by atoms with E-state index < -0.39 is 11.4 Å². The summed E-state index contributed by atoms with van der Waals surface area (Å²) in [6.45, 7) is 3.35. The van der Waals surface area contributed by atoms with Crippen molar-refractivity contribution < 1.29 is 14.4 Å². The second-order valence-electron chi connectivity index (χ2n) is 8.04. The minimum absolute atomic E-state index is 0.176. The number of amides is 2. The van der Waals surface area contributed by atoms with E-state index in [1.54, 1.807) is 26.0 Å². The predicted molar refractivity (Wildman–Crippen MR) is 103 cm³/mol. The van der Waals surface area contributed by atoms with Gasteiger partial charge in [-0.05, 0) is 57.2 Å². The van der Waals surface area contributed by atoms with E-state index in [1.165, 1.54) is 4.57 Å². The fourth-order valence-corrected chi connectivity index (χ4v) is 3.97. The number of aryl methyl sites for hydroxylation is 2. The largest absolute Gasteiger partial charge is 0.299 e. The average Bonchev–Trinajstić information content (AvgIpc) is 3.49. The second-order valence-corrected chi connectivity index (χ2v) is 8.04. The first kappa shape index (κ1) is 18.5. The van der Waals surface area contributed by atoms with Crippen LogP contribution in [0.2, 0.25) is 0 Å². The summed E-state index contributed by atoms with van der Waals surface area (Å²) < 4.78 is 1.40. The normalized spacial score (nSPS) is 22.4. The molecule has 0 spiro atoms. The number of fused-ring (bicyclic) bond motifs is 1. The number of carbonyl (C=O) groups is 3. The highest BCUT2D eigenvalue weighted by Crippen LogP contribution is 2.31. The third-order valence-corrected chi connectivity index (χ3v) is 5.87. The monoisotopic (exact) mass is 381 g/mol. The van der Waals surface area contributed by atoms with Crippen LogP contribution in [-0.2, 0) is 26.3 Å². The quantitative estimate of drug-likeness (QED) is 0.796. The maximum Gasteiger partial charge on any atom is 0.262 e. The van der Waals surface area contributed by atoms with Crippen molar-refractivity contribution in [1.82, 2.24) is 14.9 Å². The summed E-state index contributed by atoms with van der Waals surface area (Å²) in [5, 5.41) is 2.75. The van der Waals surface area contributed by atoms with Gasteiger partial charge in [0, 0.05) is 18.8 Å². The number of imide groups is 1. The Labute approximate surface area is 162 Å². The number of benzene rings is 1. The number of rotatable bonds is 5. The summed E-state index contributed by atoms with van der Waals surface area (Å²) in [6, 6.07) is 5.46. The summed E-state index contributed by atoms with van der Waals surface area (Å²) in [4.78, 5) is 53.8. The Balaban J connectivity index is 1.73. The van der Waals surface area contributed by atoms with Crippen molar-refractivity contribution in [1.29, 1.82) is 0 Å². The number of nitrogens with zero attached hydrogens (tertiary/aromatic N) is 2. The molecule has 1 aromatic heterocycles. The lowest BCUT2D eigenvalue weighted by molar-refractivity contribution is -0.140. The molecular formula is C21H23N3O4. The molecule has 1 atom stereocenters. The Morgan fingerprint density at radius 1 is 1.29 bits per heavy atom. The lowest BCUT2D eigenvalue weighted by atomic mass is 9.90. The molecule has 1 aliphatic heterocycles. The van der Waals surface area contributed by atoms with Crippen LogP contribution in [-0.4, -0.2) is 27.1 Å². The number of Topliss-reactive ketones (excluding diaryl/α,β-unsaturated/α-hetero) is 1. The van der Waals surface area contributed by atoms with Crippen LogP contribution < -0.4 is 10.9 Å². The molecule has 1 aromatic carbocycles. The van der Waals surface area contributed by atoms with Crippen LogP contribution in [0.15, 0.2) is 23.0 Å². The van der Waals surface area contributed by atoms with Gasteiger partial charge in [-0.25, -0.2) is 4.98 Å². The van der Waals surface area contributed by atoms with Crippen LogP contribution >= 0.6 is 0 Å². The minimum Gasteiger partial charge on any atom is -0.299 e. The van der Waals surface area contributed by atoms with Crippen molar-refractivity contribution in [3.8, 4) is 0 Å². The molecule has 2 heterocycles. The Bertz CT molecular complexity index is 1070. The van der Waals surface area contributed by atoms with Crippen LogP contribution in [0.4, 0.5) is 0 Å². The van der Waals surface area contributed by atoms with E-state index in [4.69, 9.17) is 0 Å². The molecule has 0 unspecified atom stereocenters. The molecule has 1 saturated heterocycles. The molecule has 4 rings (SSSR count). The SMILES string of the molecule is Cc1nc2ccc(CCC(=O)C3CC3)cc2c(=O)n1[C@]1(C)CCC(=O)NC1=O. The molecule has 2 aromatic rings. The maximum atomic E-state index is 13.3. The Hall–Kier alpha value is -2.83. The Morgan fingerprint density at radius 2 is 2.04 bits per heavy atom. The van der Waals surface area contributed by atoms with Crippen molar-refractivity contribution in [2.75, 3.05) is 0 Å². The highest BCUT2D eigenvalue weighted by atomic mass is 16.2. The van der Waals surface area contributed by atoms with Gasteiger partial charge in [0.25, 0.3) is 11.5 Å². The number of nitrogens with one attached hydrogen (secondary N) is 1. The van der Waals surface area contributed by atoms with E-state index in [0.29, 0.717) is 29.6 Å². The Morgan fingerprint density at radius 3 is 2.71 bits per heavy atom. The Kier molecular flexibility index (Phi) is 4.40. The van der Waals surface area contributed by atoms with Crippen molar-refractivity contribution in [3.63, 3.8) is 0 Å². The van der Waals surface area contributed by atoms with E-state index in [9.17, 15) is 19.2 Å². The van der Waals surface area contributed by atoms with Gasteiger partial charge in [0.2, 0.25) is 5.91 Å². The van der Waals surface area contributed by atoms with Gasteiger partial charge < -0.3 is 0 Å². The molecule has 2 amide bonds. The molecule has 1 N–H and O–H groups in total. The fourth-order valence-electron chi connectivity index (χ4n) is 3.97. The zero-order valence-corrected chi connectivity index (χ0v) is 16.1. The molecule has 7 nitrogen and oxygen atoms in total. The lowest BCUT2D eigenvalue weighted by Crippen LogP contribution is -2.56. The summed E-state index contributed by atoms with van der Waals surface area (Å²) in [7, 11) is 0. The number of hydrogen-bond acceptors (Lipinski definition) is 5. The fraction of sp³-hybridized carbons (Fsp3) is 0.476. The first-order valence-corrected chi connectivity index (χ1v) is 9.69. The van der Waals surface area contributed by atoms with Crippen LogP contribution in [0.25, 0.3) is 10.9 Å². The van der Waals surface area contributed by atoms with Gasteiger partial charge in [0.1, 0.15) is 17.1 Å². The number of ketones is 1. The lowest BCUT2D eigenvalue weighted by Gasteiger charge is -2.34. The first-order valence-electron chi connectivity index (χ1n) is 9.69. The molecule has 1 saturated carbocycles. The molecule has 0 radical (unpaired) electrons. The van der Waals surface area contributed by atoms with Crippen molar-refractivity contribution in [2.24, 2.45) is 5.92 Å². The summed E-state index contributed by atoms with van der Waals surface area (Å²) in [5.41, 5.74) is 0.00908. The number of aromatic nitrogens is 2. The summed E-state index contributed by atoms with van der Waals surface area (Å²) in [5.74, 6) is 0.136. The molecule has 28 heavy (non-hydrogen) atoms. The predicted octanol–water partition coefficient (Wildman–Crippen LogP) is 1.77. The van der Waals surface area contributed by atoms with E-state index in [2.05, 4.69) is 10.3 Å². The van der Waals surface area contributed by atoms with Crippen LogP contribution in [0, 0.1) is 12.8 Å². The van der Waals surface area contributed by atoms with Gasteiger partial charge in [-0.1, -0.05) is 6.07 Å². The molecule has 0 bridgehead atoms. The molecule has 1 aliphatic carbocycles. The van der Waals surface area contributed by atoms with E-state index in [0.717, 1.165) is 18.4 Å². The first-order chi connectivity index (χ1) is 13.3. The van der Waals surface area contributed by atoms with Crippen LogP contribution in [0.5, 0.6) is 0 Å². The summed E-state index contributed by atoms with van der Waals surface area (Å²) >= 11 is 0. The smallest absolute Gasteiger partial charge is 0.262 e. The zero-order valence-electron chi connectivity index (χ0n) is 16.1. The van der Waals surface area contributed by atoms with E-state index in [1.807, 2.05) is 6.07 Å². The third-order valence-electron chi connectivity index (χ3n) is 5.87. The topological polar surface area (TPSA) is 98.1 Å². The van der Waals surface area contributed by atoms with Gasteiger partial charge in [0.15, 0.2) is 0 Å². The van der Waals surface area contributed by atoms with Gasteiger partial charge in [-0.2, -0.15) is 0 Å². The number of hydrogen-bond donors (Lipinski definition) is 1. The van der Waals surface area contributed by atoms with Gasteiger partial charge in [-0.3, -0.25) is 29.1 Å². The van der Waals surface area contributed by atoms with Crippen molar-refractivity contribution in [2.45, 2.75) is 57.9 Å². The van der Waals surface area contributed by atoms with E-state index >= 15 is 0 Å². The van der Waals surface area contributed by atoms with Crippen LogP contribution in [0.3, 0.4) is 0 Å². The van der Waals surface area contributed by atoms with Gasteiger partial charge >= 0.3 is 0 Å². The van der Waals surface area contributed by atoms with Crippen LogP contribution in [0.1, 0.15) is 50.4 Å². The highest BCUT2D eigenvalue weighted by Gasteiger charge is 2.42. The second kappa shape index (κ2) is 6.65. The molecule has 146 valence electrons.